The molecule has 0 aliphatic rings. The van der Waals surface area contributed by atoms with Gasteiger partial charge >= 0.3 is 0 Å². The van der Waals surface area contributed by atoms with Gasteiger partial charge in [0.25, 0.3) is 10.2 Å². The third kappa shape index (κ3) is 3.90. The Morgan fingerprint density at radius 1 is 1.44 bits per heavy atom. The van der Waals surface area contributed by atoms with Crippen molar-refractivity contribution in [3.8, 4) is 11.8 Å². The number of hydrogen-bond donors (Lipinski definition) is 3. The molecule has 1 aromatic rings. The van der Waals surface area contributed by atoms with E-state index in [1.807, 2.05) is 6.92 Å². The molecular formula is C10H13N3O2S. The van der Waals surface area contributed by atoms with Gasteiger partial charge in [-0.05, 0) is 30.7 Å². The van der Waals surface area contributed by atoms with Crippen molar-refractivity contribution in [2.45, 2.75) is 6.92 Å². The highest BCUT2D eigenvalue weighted by Crippen LogP contribution is 2.14. The summed E-state index contributed by atoms with van der Waals surface area (Å²) >= 11 is 0. The number of benzene rings is 1. The summed E-state index contributed by atoms with van der Waals surface area (Å²) in [4.78, 5) is 0. The average molecular weight is 239 g/mol. The lowest BCUT2D eigenvalue weighted by atomic mass is 10.1. The van der Waals surface area contributed by atoms with Crippen molar-refractivity contribution in [3.05, 3.63) is 29.3 Å². The third-order valence-electron chi connectivity index (χ3n) is 1.81. The second kappa shape index (κ2) is 4.99. The minimum atomic E-state index is -3.73. The molecule has 0 unspecified atom stereocenters. The Bertz CT molecular complexity index is 541. The van der Waals surface area contributed by atoms with Crippen LogP contribution >= 0.6 is 0 Å². The largest absolute Gasteiger partial charge is 0.320 e. The van der Waals surface area contributed by atoms with Gasteiger partial charge in [-0.2, -0.15) is 8.42 Å². The highest BCUT2D eigenvalue weighted by molar-refractivity contribution is 7.90. The molecule has 0 spiro atoms. The molecule has 0 bridgehead atoms. The quantitative estimate of drug-likeness (QED) is 0.629. The Morgan fingerprint density at radius 2 is 2.12 bits per heavy atom. The first kappa shape index (κ1) is 12.5. The van der Waals surface area contributed by atoms with Crippen molar-refractivity contribution in [2.24, 2.45) is 10.9 Å². The minimum absolute atomic E-state index is 0.288. The summed E-state index contributed by atoms with van der Waals surface area (Å²) < 4.78 is 23.8. The Kier molecular flexibility index (Phi) is 3.90. The molecular weight excluding hydrogens is 226 g/mol. The van der Waals surface area contributed by atoms with E-state index in [0.29, 0.717) is 5.69 Å². The average Bonchev–Trinajstić information content (AvgIpc) is 2.14. The van der Waals surface area contributed by atoms with Crippen LogP contribution in [-0.4, -0.2) is 15.0 Å². The first-order valence-electron chi connectivity index (χ1n) is 4.52. The Balaban J connectivity index is 3.00. The fourth-order valence-electron chi connectivity index (χ4n) is 1.18. The van der Waals surface area contributed by atoms with Crippen LogP contribution in [0.15, 0.2) is 18.2 Å². The van der Waals surface area contributed by atoms with Crippen LogP contribution in [0.3, 0.4) is 0 Å². The lowest BCUT2D eigenvalue weighted by Gasteiger charge is -2.05. The van der Waals surface area contributed by atoms with Crippen LogP contribution in [0.2, 0.25) is 0 Å². The second-order valence-electron chi connectivity index (χ2n) is 3.18. The SMILES string of the molecule is Cc1cc(NS(N)(=O)=O)ccc1C#CCN. The van der Waals surface area contributed by atoms with Crippen LogP contribution in [-0.2, 0) is 10.2 Å². The topological polar surface area (TPSA) is 98.2 Å². The normalized spacial score (nSPS) is 10.4. The number of aryl methyl sites for hydroxylation is 1. The summed E-state index contributed by atoms with van der Waals surface area (Å²) in [7, 11) is -3.73. The van der Waals surface area contributed by atoms with Crippen molar-refractivity contribution >= 4 is 15.9 Å². The predicted molar refractivity (Wildman–Crippen MR) is 63.8 cm³/mol. The zero-order chi connectivity index (χ0) is 12.2. The van der Waals surface area contributed by atoms with Crippen molar-refractivity contribution in [1.82, 2.24) is 0 Å². The molecule has 5 N–H and O–H groups in total. The molecule has 6 heteroatoms. The van der Waals surface area contributed by atoms with Crippen LogP contribution < -0.4 is 15.6 Å². The molecule has 5 nitrogen and oxygen atoms in total. The van der Waals surface area contributed by atoms with E-state index in [1.165, 1.54) is 0 Å². The standard InChI is InChI=1S/C10H13N3O2S/c1-8-7-10(13-16(12,14)15)5-4-9(8)3-2-6-11/h4-5,7,13H,6,11H2,1H3,(H2,12,14,15). The minimum Gasteiger partial charge on any atom is -0.320 e. The van der Waals surface area contributed by atoms with Gasteiger partial charge in [-0.15, -0.1) is 0 Å². The van der Waals surface area contributed by atoms with Gasteiger partial charge < -0.3 is 5.73 Å². The number of rotatable bonds is 2. The Labute approximate surface area is 95.0 Å². The van der Waals surface area contributed by atoms with Crippen LogP contribution in [0.4, 0.5) is 5.69 Å². The molecule has 0 atom stereocenters. The molecule has 16 heavy (non-hydrogen) atoms. The van der Waals surface area contributed by atoms with Crippen LogP contribution in [0.25, 0.3) is 0 Å². The molecule has 0 aliphatic carbocycles. The van der Waals surface area contributed by atoms with E-state index in [1.54, 1.807) is 18.2 Å². The van der Waals surface area contributed by atoms with Gasteiger partial charge in [0.2, 0.25) is 0 Å². The number of hydrogen-bond acceptors (Lipinski definition) is 3. The van der Waals surface area contributed by atoms with Crippen molar-refractivity contribution < 1.29 is 8.42 Å². The molecule has 0 radical (unpaired) electrons. The van der Waals surface area contributed by atoms with E-state index in [4.69, 9.17) is 10.9 Å². The Morgan fingerprint density at radius 3 is 2.62 bits per heavy atom. The fourth-order valence-corrected chi connectivity index (χ4v) is 1.63. The zero-order valence-electron chi connectivity index (χ0n) is 8.82. The molecule has 86 valence electrons. The molecule has 1 aromatic carbocycles. The number of anilines is 1. The fraction of sp³-hybridized carbons (Fsp3) is 0.200. The van der Waals surface area contributed by atoms with Crippen LogP contribution in [0.1, 0.15) is 11.1 Å². The van der Waals surface area contributed by atoms with Gasteiger partial charge in [-0.25, -0.2) is 5.14 Å². The zero-order valence-corrected chi connectivity index (χ0v) is 9.64. The second-order valence-corrected chi connectivity index (χ2v) is 4.48. The van der Waals surface area contributed by atoms with E-state index in [2.05, 4.69) is 16.6 Å². The van der Waals surface area contributed by atoms with Gasteiger partial charge in [0, 0.05) is 5.56 Å². The maximum atomic E-state index is 10.8. The van der Waals surface area contributed by atoms with E-state index < -0.39 is 10.2 Å². The number of nitrogens with two attached hydrogens (primary N) is 2. The molecule has 0 aliphatic heterocycles. The third-order valence-corrected chi connectivity index (χ3v) is 2.33. The van der Waals surface area contributed by atoms with Gasteiger partial charge in [0.15, 0.2) is 0 Å². The van der Waals surface area contributed by atoms with Crippen molar-refractivity contribution in [3.63, 3.8) is 0 Å². The maximum absolute atomic E-state index is 10.8. The highest BCUT2D eigenvalue weighted by atomic mass is 32.2. The van der Waals surface area contributed by atoms with E-state index in [0.717, 1.165) is 11.1 Å². The van der Waals surface area contributed by atoms with Gasteiger partial charge in [-0.3, -0.25) is 4.72 Å². The van der Waals surface area contributed by atoms with Crippen LogP contribution in [0.5, 0.6) is 0 Å². The van der Waals surface area contributed by atoms with E-state index in [-0.39, 0.29) is 6.54 Å². The molecule has 1 rings (SSSR count). The Hall–Kier alpha value is -1.55. The lowest BCUT2D eigenvalue weighted by Crippen LogP contribution is -2.21. The van der Waals surface area contributed by atoms with E-state index >= 15 is 0 Å². The van der Waals surface area contributed by atoms with E-state index in [9.17, 15) is 8.42 Å². The molecule has 0 aromatic heterocycles. The van der Waals surface area contributed by atoms with Gasteiger partial charge in [0.05, 0.1) is 12.2 Å². The summed E-state index contributed by atoms with van der Waals surface area (Å²) in [6.07, 6.45) is 0. The monoisotopic (exact) mass is 239 g/mol. The first-order valence-corrected chi connectivity index (χ1v) is 6.07. The molecule has 0 saturated carbocycles. The smallest absolute Gasteiger partial charge is 0.296 e. The maximum Gasteiger partial charge on any atom is 0.296 e. The summed E-state index contributed by atoms with van der Waals surface area (Å²) in [5, 5.41) is 4.85. The van der Waals surface area contributed by atoms with Gasteiger partial charge in [0.1, 0.15) is 0 Å². The van der Waals surface area contributed by atoms with Crippen LogP contribution in [0, 0.1) is 18.8 Å². The molecule has 0 heterocycles. The molecule has 0 fully saturated rings. The lowest BCUT2D eigenvalue weighted by molar-refractivity contribution is 0.603. The summed E-state index contributed by atoms with van der Waals surface area (Å²) in [5.74, 6) is 5.61. The number of nitrogens with one attached hydrogen (secondary N) is 1. The van der Waals surface area contributed by atoms with Crippen molar-refractivity contribution in [1.29, 1.82) is 0 Å². The summed E-state index contributed by atoms with van der Waals surface area (Å²) in [6.45, 7) is 2.12. The summed E-state index contributed by atoms with van der Waals surface area (Å²) in [6, 6.07) is 4.97. The first-order chi connectivity index (χ1) is 7.42. The van der Waals surface area contributed by atoms with Gasteiger partial charge in [-0.1, -0.05) is 11.8 Å². The molecule has 0 saturated heterocycles. The molecule has 0 amide bonds. The van der Waals surface area contributed by atoms with Crippen molar-refractivity contribution in [2.75, 3.05) is 11.3 Å². The highest BCUT2D eigenvalue weighted by Gasteiger charge is 2.03. The predicted octanol–water partition coefficient (Wildman–Crippen LogP) is -0.0794. The summed E-state index contributed by atoms with van der Waals surface area (Å²) in [5.41, 5.74) is 7.34.